The lowest BCUT2D eigenvalue weighted by Gasteiger charge is -2.05. The van der Waals surface area contributed by atoms with Crippen LogP contribution in [0.25, 0.3) is 10.8 Å². The summed E-state index contributed by atoms with van der Waals surface area (Å²) in [6.07, 6.45) is 0. The quantitative estimate of drug-likeness (QED) is 0.693. The molecule has 2 aromatic heterocycles. The molecule has 0 fully saturated rings. The zero-order valence-electron chi connectivity index (χ0n) is 12.9. The molecule has 0 saturated heterocycles. The second-order valence-corrected chi connectivity index (χ2v) is 6.97. The predicted molar refractivity (Wildman–Crippen MR) is 93.1 cm³/mol. The highest BCUT2D eigenvalue weighted by molar-refractivity contribution is 9.10. The van der Waals surface area contributed by atoms with Crippen LogP contribution in [0.1, 0.15) is 10.7 Å². The highest BCUT2D eigenvalue weighted by Crippen LogP contribution is 2.29. The zero-order valence-corrected chi connectivity index (χ0v) is 15.3. The standard InChI is InChI=1S/C15H13BrN4O3S/c1-8-13(24-9(2)17-8)14-19-20-15(23-14)18-12(21)7-22-11-5-3-10(16)4-6-11/h3-6H,7H2,1-2H3,(H,18,20,21). The maximum atomic E-state index is 11.9. The van der Waals surface area contributed by atoms with Crippen molar-refractivity contribution in [2.75, 3.05) is 11.9 Å². The molecule has 0 atom stereocenters. The topological polar surface area (TPSA) is 90.1 Å². The summed E-state index contributed by atoms with van der Waals surface area (Å²) in [5, 5.41) is 11.2. The number of rotatable bonds is 5. The van der Waals surface area contributed by atoms with Crippen molar-refractivity contribution in [2.45, 2.75) is 13.8 Å². The van der Waals surface area contributed by atoms with Gasteiger partial charge in [-0.2, -0.15) is 0 Å². The molecule has 3 aromatic rings. The Labute approximate surface area is 150 Å². The minimum absolute atomic E-state index is 0.0276. The molecule has 124 valence electrons. The van der Waals surface area contributed by atoms with Crippen LogP contribution >= 0.6 is 27.3 Å². The van der Waals surface area contributed by atoms with Gasteiger partial charge >= 0.3 is 6.01 Å². The normalized spacial score (nSPS) is 10.6. The largest absolute Gasteiger partial charge is 0.484 e. The molecule has 0 bridgehead atoms. The van der Waals surface area contributed by atoms with E-state index < -0.39 is 0 Å². The number of thiazole rings is 1. The number of amides is 1. The van der Waals surface area contributed by atoms with Crippen molar-refractivity contribution < 1.29 is 13.9 Å². The lowest BCUT2D eigenvalue weighted by molar-refractivity contribution is -0.118. The fraction of sp³-hybridized carbons (Fsp3) is 0.200. The van der Waals surface area contributed by atoms with E-state index in [0.717, 1.165) is 20.1 Å². The Morgan fingerprint density at radius 3 is 2.71 bits per heavy atom. The first-order valence-electron chi connectivity index (χ1n) is 6.97. The lowest BCUT2D eigenvalue weighted by Crippen LogP contribution is -2.20. The third-order valence-electron chi connectivity index (χ3n) is 2.95. The molecule has 2 heterocycles. The van der Waals surface area contributed by atoms with Crippen LogP contribution in [-0.4, -0.2) is 27.7 Å². The first-order chi connectivity index (χ1) is 11.5. The van der Waals surface area contributed by atoms with Crippen molar-refractivity contribution in [3.8, 4) is 16.5 Å². The molecule has 3 rings (SSSR count). The van der Waals surface area contributed by atoms with E-state index in [1.165, 1.54) is 11.3 Å². The third kappa shape index (κ3) is 3.98. The van der Waals surface area contributed by atoms with Gasteiger partial charge in [0.1, 0.15) is 10.6 Å². The third-order valence-corrected chi connectivity index (χ3v) is 4.54. The first-order valence-corrected chi connectivity index (χ1v) is 8.58. The van der Waals surface area contributed by atoms with Crippen molar-refractivity contribution >= 4 is 39.2 Å². The Kier molecular flexibility index (Phi) is 4.91. The van der Waals surface area contributed by atoms with Crippen LogP contribution in [0.4, 0.5) is 6.01 Å². The highest BCUT2D eigenvalue weighted by Gasteiger charge is 2.16. The maximum absolute atomic E-state index is 11.9. The van der Waals surface area contributed by atoms with E-state index in [1.807, 2.05) is 26.0 Å². The fourth-order valence-corrected chi connectivity index (χ4v) is 3.04. The predicted octanol–water partition coefficient (Wildman–Crippen LogP) is 3.59. The van der Waals surface area contributed by atoms with Gasteiger partial charge in [-0.25, -0.2) is 4.98 Å². The maximum Gasteiger partial charge on any atom is 0.322 e. The van der Waals surface area contributed by atoms with Crippen LogP contribution < -0.4 is 10.1 Å². The minimum Gasteiger partial charge on any atom is -0.484 e. The Morgan fingerprint density at radius 1 is 1.29 bits per heavy atom. The summed E-state index contributed by atoms with van der Waals surface area (Å²) >= 11 is 4.79. The Hall–Kier alpha value is -2.26. The average Bonchev–Trinajstić information content (AvgIpc) is 3.12. The number of benzene rings is 1. The number of anilines is 1. The molecule has 0 spiro atoms. The van der Waals surface area contributed by atoms with Crippen molar-refractivity contribution in [3.05, 3.63) is 39.4 Å². The smallest absolute Gasteiger partial charge is 0.322 e. The van der Waals surface area contributed by atoms with Crippen molar-refractivity contribution in [1.82, 2.24) is 15.2 Å². The Balaban J connectivity index is 1.59. The van der Waals surface area contributed by atoms with E-state index in [2.05, 4.69) is 36.4 Å². The molecule has 0 aliphatic rings. The number of aromatic nitrogens is 3. The van der Waals surface area contributed by atoms with Crippen LogP contribution in [-0.2, 0) is 4.79 Å². The average molecular weight is 409 g/mol. The van der Waals surface area contributed by atoms with E-state index in [1.54, 1.807) is 12.1 Å². The molecule has 0 saturated carbocycles. The summed E-state index contributed by atoms with van der Waals surface area (Å²) in [4.78, 5) is 17.0. The van der Waals surface area contributed by atoms with E-state index in [4.69, 9.17) is 9.15 Å². The van der Waals surface area contributed by atoms with Crippen LogP contribution in [0.5, 0.6) is 5.75 Å². The molecule has 24 heavy (non-hydrogen) atoms. The molecule has 0 aliphatic carbocycles. The summed E-state index contributed by atoms with van der Waals surface area (Å²) in [5.41, 5.74) is 0.817. The summed E-state index contributed by atoms with van der Waals surface area (Å²) in [7, 11) is 0. The van der Waals surface area contributed by atoms with Gasteiger partial charge < -0.3 is 9.15 Å². The van der Waals surface area contributed by atoms with Gasteiger partial charge in [0.2, 0.25) is 0 Å². The number of hydrogen-bond donors (Lipinski definition) is 1. The molecule has 0 radical (unpaired) electrons. The van der Waals surface area contributed by atoms with Gasteiger partial charge in [-0.3, -0.25) is 10.1 Å². The van der Waals surface area contributed by atoms with Gasteiger partial charge in [-0.1, -0.05) is 21.0 Å². The number of nitrogens with one attached hydrogen (secondary N) is 1. The molecule has 1 aromatic carbocycles. The highest BCUT2D eigenvalue weighted by atomic mass is 79.9. The van der Waals surface area contributed by atoms with E-state index in [9.17, 15) is 4.79 Å². The van der Waals surface area contributed by atoms with Crippen molar-refractivity contribution in [3.63, 3.8) is 0 Å². The number of ether oxygens (including phenoxy) is 1. The van der Waals surface area contributed by atoms with Gasteiger partial charge in [0.15, 0.2) is 6.61 Å². The number of carbonyl (C=O) groups excluding carboxylic acids is 1. The van der Waals surface area contributed by atoms with E-state index in [-0.39, 0.29) is 18.5 Å². The van der Waals surface area contributed by atoms with Crippen LogP contribution in [0, 0.1) is 13.8 Å². The second-order valence-electron chi connectivity index (χ2n) is 4.85. The first kappa shape index (κ1) is 16.6. The fourth-order valence-electron chi connectivity index (χ4n) is 1.93. The van der Waals surface area contributed by atoms with Crippen LogP contribution in [0.2, 0.25) is 0 Å². The summed E-state index contributed by atoms with van der Waals surface area (Å²) < 4.78 is 11.8. The van der Waals surface area contributed by atoms with Gasteiger partial charge in [0.05, 0.1) is 10.7 Å². The van der Waals surface area contributed by atoms with Gasteiger partial charge in [-0.15, -0.1) is 16.4 Å². The Bertz CT molecular complexity index is 860. The zero-order chi connectivity index (χ0) is 17.1. The number of nitrogens with zero attached hydrogens (tertiary/aromatic N) is 3. The summed E-state index contributed by atoms with van der Waals surface area (Å²) in [5.74, 6) is 0.544. The molecular weight excluding hydrogens is 396 g/mol. The van der Waals surface area contributed by atoms with Crippen LogP contribution in [0.3, 0.4) is 0 Å². The molecule has 9 heteroatoms. The van der Waals surface area contributed by atoms with Crippen molar-refractivity contribution in [1.29, 1.82) is 0 Å². The van der Waals surface area contributed by atoms with E-state index >= 15 is 0 Å². The number of aryl methyl sites for hydroxylation is 2. The number of hydrogen-bond acceptors (Lipinski definition) is 7. The SMILES string of the molecule is Cc1nc(C)c(-c2nnc(NC(=O)COc3ccc(Br)cc3)o2)s1. The van der Waals surface area contributed by atoms with Crippen molar-refractivity contribution in [2.24, 2.45) is 0 Å². The van der Waals surface area contributed by atoms with E-state index in [0.29, 0.717) is 11.6 Å². The molecule has 0 aliphatic heterocycles. The monoisotopic (exact) mass is 408 g/mol. The molecule has 7 nitrogen and oxygen atoms in total. The molecule has 0 unspecified atom stereocenters. The second kappa shape index (κ2) is 7.10. The lowest BCUT2D eigenvalue weighted by atomic mass is 10.3. The van der Waals surface area contributed by atoms with Gasteiger partial charge in [0, 0.05) is 4.47 Å². The van der Waals surface area contributed by atoms with Gasteiger partial charge in [0.25, 0.3) is 11.8 Å². The van der Waals surface area contributed by atoms with Crippen LogP contribution in [0.15, 0.2) is 33.2 Å². The summed E-state index contributed by atoms with van der Waals surface area (Å²) in [6.45, 7) is 3.62. The molecule has 1 amide bonds. The minimum atomic E-state index is -0.384. The summed E-state index contributed by atoms with van der Waals surface area (Å²) in [6, 6.07) is 7.21. The number of halogens is 1. The molecular formula is C15H13BrN4O3S. The van der Waals surface area contributed by atoms with Gasteiger partial charge in [-0.05, 0) is 38.1 Å². The number of carbonyl (C=O) groups is 1. The Morgan fingerprint density at radius 2 is 2.04 bits per heavy atom. The molecule has 1 N–H and O–H groups in total.